The van der Waals surface area contributed by atoms with Gasteiger partial charge in [0, 0.05) is 17.0 Å². The van der Waals surface area contributed by atoms with E-state index in [2.05, 4.69) is 0 Å². The van der Waals surface area contributed by atoms with Gasteiger partial charge in [0.1, 0.15) is 12.2 Å². The maximum absolute atomic E-state index is 13.5. The summed E-state index contributed by atoms with van der Waals surface area (Å²) >= 11 is 0. The molecular weight excluding hydrogens is 271 g/mol. The minimum Gasteiger partial charge on any atom is -0.486 e. The lowest BCUT2D eigenvalue weighted by atomic mass is 10.1. The van der Waals surface area contributed by atoms with E-state index in [1.807, 2.05) is 19.1 Å². The van der Waals surface area contributed by atoms with Gasteiger partial charge in [-0.05, 0) is 30.7 Å². The lowest BCUT2D eigenvalue weighted by Crippen LogP contribution is -2.04. The van der Waals surface area contributed by atoms with Crippen molar-refractivity contribution in [3.8, 4) is 5.75 Å². The van der Waals surface area contributed by atoms with Crippen LogP contribution in [-0.4, -0.2) is 0 Å². The van der Waals surface area contributed by atoms with Crippen molar-refractivity contribution in [1.82, 2.24) is 0 Å². The number of ether oxygens (including phenoxy) is 1. The van der Waals surface area contributed by atoms with Crippen LogP contribution in [0.25, 0.3) is 11.0 Å². The first-order chi connectivity index (χ1) is 10.1. The molecule has 21 heavy (non-hydrogen) atoms. The van der Waals surface area contributed by atoms with Crippen LogP contribution in [0.1, 0.15) is 11.1 Å². The van der Waals surface area contributed by atoms with Crippen LogP contribution >= 0.6 is 0 Å². The highest BCUT2D eigenvalue weighted by molar-refractivity contribution is 5.80. The molecule has 0 fully saturated rings. The van der Waals surface area contributed by atoms with Crippen molar-refractivity contribution >= 4 is 11.0 Å². The molecule has 3 aromatic rings. The summed E-state index contributed by atoms with van der Waals surface area (Å²) in [5.74, 6) is -0.272. The quantitative estimate of drug-likeness (QED) is 0.686. The Morgan fingerprint density at radius 1 is 1.14 bits per heavy atom. The van der Waals surface area contributed by atoms with Crippen LogP contribution in [-0.2, 0) is 6.61 Å². The van der Waals surface area contributed by atoms with Crippen molar-refractivity contribution in [1.29, 1.82) is 0 Å². The fourth-order valence-electron chi connectivity index (χ4n) is 2.17. The van der Waals surface area contributed by atoms with Gasteiger partial charge in [-0.2, -0.15) is 0 Å². The van der Waals surface area contributed by atoms with E-state index < -0.39 is 11.4 Å². The Kier molecular flexibility index (Phi) is 3.44. The average Bonchev–Trinajstić information content (AvgIpc) is 2.45. The van der Waals surface area contributed by atoms with Crippen molar-refractivity contribution in [3.63, 3.8) is 0 Å². The third-order valence-corrected chi connectivity index (χ3v) is 3.21. The van der Waals surface area contributed by atoms with E-state index >= 15 is 0 Å². The predicted octanol–water partition coefficient (Wildman–Crippen LogP) is 3.82. The normalized spacial score (nSPS) is 10.8. The van der Waals surface area contributed by atoms with Crippen molar-refractivity contribution < 1.29 is 13.5 Å². The van der Waals surface area contributed by atoms with E-state index in [1.54, 1.807) is 24.3 Å². The van der Waals surface area contributed by atoms with Gasteiger partial charge in [0.2, 0.25) is 0 Å². The molecule has 1 aromatic heterocycles. The molecule has 0 amide bonds. The second kappa shape index (κ2) is 5.40. The number of hydrogen-bond acceptors (Lipinski definition) is 3. The second-order valence-corrected chi connectivity index (χ2v) is 4.81. The molecule has 0 N–H and O–H groups in total. The SMILES string of the molecule is Cc1ccc2c(COc3ccccc3F)cc(=O)oc2c1. The molecule has 0 aliphatic carbocycles. The Morgan fingerprint density at radius 3 is 2.76 bits per heavy atom. The Hall–Kier alpha value is -2.62. The Balaban J connectivity index is 1.97. The average molecular weight is 284 g/mol. The number of fused-ring (bicyclic) bond motifs is 1. The van der Waals surface area contributed by atoms with Crippen LogP contribution in [0.15, 0.2) is 57.7 Å². The van der Waals surface area contributed by atoms with Crippen molar-refractivity contribution in [2.75, 3.05) is 0 Å². The van der Waals surface area contributed by atoms with Crippen LogP contribution in [0, 0.1) is 12.7 Å². The molecule has 4 heteroatoms. The van der Waals surface area contributed by atoms with Gasteiger partial charge in [0.25, 0.3) is 0 Å². The monoisotopic (exact) mass is 284 g/mol. The molecule has 106 valence electrons. The fraction of sp³-hybridized carbons (Fsp3) is 0.118. The van der Waals surface area contributed by atoms with Crippen molar-refractivity contribution in [2.24, 2.45) is 0 Å². The second-order valence-electron chi connectivity index (χ2n) is 4.81. The molecule has 0 aliphatic heterocycles. The van der Waals surface area contributed by atoms with Crippen molar-refractivity contribution in [3.05, 3.63) is 75.9 Å². The first-order valence-electron chi connectivity index (χ1n) is 6.54. The highest BCUT2D eigenvalue weighted by Gasteiger charge is 2.08. The number of benzene rings is 2. The highest BCUT2D eigenvalue weighted by atomic mass is 19.1. The third kappa shape index (κ3) is 2.79. The zero-order valence-corrected chi connectivity index (χ0v) is 11.4. The molecule has 0 saturated heterocycles. The fourth-order valence-corrected chi connectivity index (χ4v) is 2.17. The summed E-state index contributed by atoms with van der Waals surface area (Å²) in [5, 5.41) is 0.788. The van der Waals surface area contributed by atoms with Gasteiger partial charge >= 0.3 is 5.63 Å². The molecule has 1 heterocycles. The van der Waals surface area contributed by atoms with Gasteiger partial charge < -0.3 is 9.15 Å². The van der Waals surface area contributed by atoms with Gasteiger partial charge in [0.15, 0.2) is 11.6 Å². The van der Waals surface area contributed by atoms with E-state index in [9.17, 15) is 9.18 Å². The minimum atomic E-state index is -0.444. The highest BCUT2D eigenvalue weighted by Crippen LogP contribution is 2.21. The maximum atomic E-state index is 13.5. The topological polar surface area (TPSA) is 39.4 Å². The zero-order valence-electron chi connectivity index (χ0n) is 11.4. The predicted molar refractivity (Wildman–Crippen MR) is 78.0 cm³/mol. The van der Waals surface area contributed by atoms with Gasteiger partial charge in [-0.1, -0.05) is 24.3 Å². The van der Waals surface area contributed by atoms with Crippen molar-refractivity contribution in [2.45, 2.75) is 13.5 Å². The van der Waals surface area contributed by atoms with Crippen LogP contribution in [0.5, 0.6) is 5.75 Å². The summed E-state index contributed by atoms with van der Waals surface area (Å²) in [5.41, 5.74) is 1.73. The Bertz CT molecular complexity index is 852. The number of halogens is 1. The summed E-state index contributed by atoms with van der Waals surface area (Å²) in [6, 6.07) is 13.1. The molecule has 3 nitrogen and oxygen atoms in total. The molecule has 0 saturated carbocycles. The summed E-state index contributed by atoms with van der Waals surface area (Å²) in [4.78, 5) is 11.6. The number of rotatable bonds is 3. The first-order valence-corrected chi connectivity index (χ1v) is 6.54. The van der Waals surface area contributed by atoms with E-state index in [4.69, 9.17) is 9.15 Å². The molecule has 0 bridgehead atoms. The smallest absolute Gasteiger partial charge is 0.336 e. The molecule has 0 radical (unpaired) electrons. The van der Waals surface area contributed by atoms with Gasteiger partial charge in [-0.15, -0.1) is 0 Å². The summed E-state index contributed by atoms with van der Waals surface area (Å²) in [6.45, 7) is 2.02. The van der Waals surface area contributed by atoms with E-state index in [-0.39, 0.29) is 12.4 Å². The van der Waals surface area contributed by atoms with Gasteiger partial charge in [0.05, 0.1) is 0 Å². The minimum absolute atomic E-state index is 0.103. The lowest BCUT2D eigenvalue weighted by Gasteiger charge is -2.09. The molecule has 3 rings (SSSR count). The maximum Gasteiger partial charge on any atom is 0.336 e. The first kappa shape index (κ1) is 13.4. The van der Waals surface area contributed by atoms with E-state index in [0.29, 0.717) is 11.1 Å². The molecule has 0 aliphatic rings. The van der Waals surface area contributed by atoms with E-state index in [0.717, 1.165) is 10.9 Å². The lowest BCUT2D eigenvalue weighted by molar-refractivity contribution is 0.291. The number of aryl methyl sites for hydroxylation is 1. The Morgan fingerprint density at radius 2 is 1.95 bits per heavy atom. The summed E-state index contributed by atoms with van der Waals surface area (Å²) in [6.07, 6.45) is 0. The van der Waals surface area contributed by atoms with Gasteiger partial charge in [-0.3, -0.25) is 0 Å². The number of hydrogen-bond donors (Lipinski definition) is 0. The number of para-hydroxylation sites is 1. The molecule has 0 unspecified atom stereocenters. The van der Waals surface area contributed by atoms with Crippen LogP contribution in [0.4, 0.5) is 4.39 Å². The molecule has 2 aromatic carbocycles. The standard InChI is InChI=1S/C17H13FO3/c1-11-6-7-13-12(9-17(19)21-16(13)8-11)10-20-15-5-3-2-4-14(15)18/h2-9H,10H2,1H3. The summed E-state index contributed by atoms with van der Waals surface area (Å²) in [7, 11) is 0. The van der Waals surface area contributed by atoms with Gasteiger partial charge in [-0.25, -0.2) is 9.18 Å². The molecular formula is C17H13FO3. The largest absolute Gasteiger partial charge is 0.486 e. The van der Waals surface area contributed by atoms with E-state index in [1.165, 1.54) is 12.1 Å². The van der Waals surface area contributed by atoms with Crippen LogP contribution < -0.4 is 10.4 Å². The third-order valence-electron chi connectivity index (χ3n) is 3.21. The molecule has 0 atom stereocenters. The van der Waals surface area contributed by atoms with Crippen LogP contribution in [0.3, 0.4) is 0 Å². The summed E-state index contributed by atoms with van der Waals surface area (Å²) < 4.78 is 24.2. The van der Waals surface area contributed by atoms with Crippen LogP contribution in [0.2, 0.25) is 0 Å². The molecule has 0 spiro atoms. The zero-order chi connectivity index (χ0) is 14.8. The Labute approximate surface area is 120 Å².